The van der Waals surface area contributed by atoms with Crippen molar-refractivity contribution >= 4 is 51.7 Å². The fourth-order valence-electron chi connectivity index (χ4n) is 7.68. The number of hydrogen-bond acceptors (Lipinski definition) is 4. The molecule has 51 heavy (non-hydrogen) atoms. The number of amides is 1. The number of carboxylic acid groups (broad SMARTS) is 1. The Morgan fingerprint density at radius 2 is 1.73 bits per heavy atom. The highest BCUT2D eigenvalue weighted by Gasteiger charge is 2.42. The second kappa shape index (κ2) is 14.2. The Balaban J connectivity index is 0.00000220. The number of nitrogens with zero attached hydrogens (tertiary/aromatic N) is 4. The summed E-state index contributed by atoms with van der Waals surface area (Å²) in [6.45, 7) is 14.4. The summed E-state index contributed by atoms with van der Waals surface area (Å²) >= 11 is 13.5. The predicted molar refractivity (Wildman–Crippen MR) is 205 cm³/mol. The van der Waals surface area contributed by atoms with Crippen LogP contribution < -0.4 is 4.74 Å². The standard InChI is InChI=1S/C39H38Cl2N4O4.C2H6/c1-20-17-27(18-21(2)35(20)41)49-16-8-10-28-29-14-15-31(40)34(33-22(3)42-43(6)23(33)4)36(29)45-24(5)44(38(46)37(28)45)32-11-7-9-25-12-13-26(39(47)48)19-30(25)32;1-2/h11-15,17-19,24H,7-10,16H2,1-6H3,(H,47,48);1-2H3/t24-;/m1./s1. The van der Waals surface area contributed by atoms with Gasteiger partial charge in [0.05, 0.1) is 28.4 Å². The van der Waals surface area contributed by atoms with Crippen LogP contribution in [0.1, 0.15) is 99.8 Å². The van der Waals surface area contributed by atoms with Gasteiger partial charge in [-0.05, 0) is 113 Å². The van der Waals surface area contributed by atoms with Gasteiger partial charge in [-0.2, -0.15) is 5.10 Å². The molecule has 5 aromatic rings. The van der Waals surface area contributed by atoms with Crippen LogP contribution in [0.15, 0.2) is 48.5 Å². The summed E-state index contributed by atoms with van der Waals surface area (Å²) in [6, 6.07) is 13.0. The van der Waals surface area contributed by atoms with E-state index in [1.807, 2.05) is 95.4 Å². The van der Waals surface area contributed by atoms with E-state index in [0.29, 0.717) is 30.2 Å². The number of allylic oxidation sites excluding steroid dienone is 1. The van der Waals surface area contributed by atoms with Gasteiger partial charge in [0, 0.05) is 45.5 Å². The molecule has 0 bridgehead atoms. The lowest BCUT2D eigenvalue weighted by Gasteiger charge is -2.30. The molecule has 2 aliphatic rings. The van der Waals surface area contributed by atoms with Gasteiger partial charge in [-0.1, -0.05) is 55.3 Å². The van der Waals surface area contributed by atoms with Crippen LogP contribution in [0.3, 0.4) is 0 Å². The summed E-state index contributed by atoms with van der Waals surface area (Å²) in [5, 5.41) is 16.8. The molecular formula is C41H44Cl2N4O4. The van der Waals surface area contributed by atoms with Crippen molar-refractivity contribution in [3.05, 3.63) is 109 Å². The Morgan fingerprint density at radius 3 is 2.37 bits per heavy atom. The first-order valence-electron chi connectivity index (χ1n) is 17.5. The van der Waals surface area contributed by atoms with Crippen LogP contribution in [-0.2, 0) is 19.9 Å². The molecule has 1 atom stereocenters. The molecule has 1 aliphatic heterocycles. The lowest BCUT2D eigenvalue weighted by molar-refractivity contribution is 0.0696. The zero-order valence-electron chi connectivity index (χ0n) is 30.4. The Bertz CT molecular complexity index is 2220. The van der Waals surface area contributed by atoms with E-state index in [1.54, 1.807) is 12.1 Å². The highest BCUT2D eigenvalue weighted by atomic mass is 35.5. The van der Waals surface area contributed by atoms with Gasteiger partial charge in [0.2, 0.25) is 0 Å². The third-order valence-corrected chi connectivity index (χ3v) is 11.0. The molecule has 1 aliphatic carbocycles. The zero-order chi connectivity index (χ0) is 36.9. The Labute approximate surface area is 309 Å². The molecule has 0 saturated heterocycles. The van der Waals surface area contributed by atoms with Crippen LogP contribution in [0.2, 0.25) is 10.0 Å². The lowest BCUT2D eigenvalue weighted by Crippen LogP contribution is -2.28. The molecule has 266 valence electrons. The number of aromatic nitrogens is 3. The number of hydrogen-bond donors (Lipinski definition) is 1. The van der Waals surface area contributed by atoms with Crippen LogP contribution in [0, 0.1) is 27.7 Å². The van der Waals surface area contributed by atoms with Crippen molar-refractivity contribution in [1.82, 2.24) is 19.2 Å². The zero-order valence-corrected chi connectivity index (χ0v) is 32.0. The van der Waals surface area contributed by atoms with Crippen molar-refractivity contribution in [3.63, 3.8) is 0 Å². The molecule has 0 spiro atoms. The van der Waals surface area contributed by atoms with Gasteiger partial charge >= 0.3 is 5.97 Å². The number of halogens is 2. The van der Waals surface area contributed by atoms with Gasteiger partial charge in [-0.25, -0.2) is 4.79 Å². The molecule has 1 amide bonds. The minimum Gasteiger partial charge on any atom is -0.494 e. The fraction of sp³-hybridized carbons (Fsp3) is 0.341. The van der Waals surface area contributed by atoms with Crippen molar-refractivity contribution in [2.45, 2.75) is 80.3 Å². The second-order valence-corrected chi connectivity index (χ2v) is 13.9. The third-order valence-electron chi connectivity index (χ3n) is 10.0. The maximum absolute atomic E-state index is 14.8. The highest BCUT2D eigenvalue weighted by molar-refractivity contribution is 6.35. The molecule has 0 unspecified atom stereocenters. The van der Waals surface area contributed by atoms with Crippen molar-refractivity contribution in [3.8, 4) is 16.9 Å². The average molecular weight is 728 g/mol. The minimum absolute atomic E-state index is 0.120. The van der Waals surface area contributed by atoms with Crippen LogP contribution in [0.4, 0.5) is 0 Å². The molecule has 0 fully saturated rings. The van der Waals surface area contributed by atoms with Gasteiger partial charge < -0.3 is 14.4 Å². The number of benzene rings is 3. The number of carbonyl (C=O) groups is 2. The summed E-state index contributed by atoms with van der Waals surface area (Å²) < 4.78 is 10.2. The molecule has 3 heterocycles. The van der Waals surface area contributed by atoms with Crippen molar-refractivity contribution < 1.29 is 19.4 Å². The Hall–Kier alpha value is -4.53. The van der Waals surface area contributed by atoms with E-state index in [1.165, 1.54) is 0 Å². The molecule has 2 aromatic heterocycles. The first-order chi connectivity index (χ1) is 24.4. The minimum atomic E-state index is -0.999. The number of carbonyl (C=O) groups excluding carboxylic acids is 1. The van der Waals surface area contributed by atoms with Crippen molar-refractivity contribution in [2.24, 2.45) is 7.05 Å². The fourth-order valence-corrected chi connectivity index (χ4v) is 8.04. The van der Waals surface area contributed by atoms with E-state index in [9.17, 15) is 14.7 Å². The van der Waals surface area contributed by atoms with E-state index in [2.05, 4.69) is 10.6 Å². The monoisotopic (exact) mass is 726 g/mol. The van der Waals surface area contributed by atoms with E-state index < -0.39 is 12.1 Å². The van der Waals surface area contributed by atoms with Crippen LogP contribution >= 0.6 is 23.2 Å². The van der Waals surface area contributed by atoms with E-state index in [4.69, 9.17) is 33.0 Å². The quantitative estimate of drug-likeness (QED) is 0.161. The molecule has 3 aromatic carbocycles. The summed E-state index contributed by atoms with van der Waals surface area (Å²) in [5.41, 5.74) is 10.7. The summed E-state index contributed by atoms with van der Waals surface area (Å²) in [4.78, 5) is 28.6. The van der Waals surface area contributed by atoms with Gasteiger partial charge in [-0.3, -0.25) is 14.4 Å². The SMILES string of the molecule is CC.Cc1cc(OCCCc2c3n(c4c(-c5c(C)nn(C)c5C)c(Cl)ccc24)[C@H](C)N(C2=CCCc4ccc(C(=O)O)cc42)C3=O)cc(C)c1Cl. The largest absolute Gasteiger partial charge is 0.494 e. The average Bonchev–Trinajstić information content (AvgIpc) is 3.67. The second-order valence-electron chi connectivity index (χ2n) is 13.1. The van der Waals surface area contributed by atoms with Gasteiger partial charge in [0.15, 0.2) is 0 Å². The summed E-state index contributed by atoms with van der Waals surface area (Å²) in [5.74, 6) is -0.353. The normalized spacial score (nSPS) is 15.0. The molecule has 1 N–H and O–H groups in total. The summed E-state index contributed by atoms with van der Waals surface area (Å²) in [6.07, 6.45) is 4.45. The molecule has 0 saturated carbocycles. The molecule has 0 radical (unpaired) electrons. The number of carboxylic acids is 1. The van der Waals surface area contributed by atoms with Gasteiger partial charge in [0.25, 0.3) is 5.91 Å². The molecular weight excluding hydrogens is 683 g/mol. The highest BCUT2D eigenvalue weighted by Crippen LogP contribution is 2.48. The maximum atomic E-state index is 14.8. The molecule has 7 rings (SSSR count). The number of aryl methyl sites for hydroxylation is 6. The smallest absolute Gasteiger partial charge is 0.335 e. The van der Waals surface area contributed by atoms with Crippen LogP contribution in [-0.4, -0.2) is 42.8 Å². The number of rotatable bonds is 8. The van der Waals surface area contributed by atoms with E-state index in [0.717, 1.165) is 90.5 Å². The van der Waals surface area contributed by atoms with Gasteiger partial charge in [-0.15, -0.1) is 0 Å². The van der Waals surface area contributed by atoms with Crippen molar-refractivity contribution in [2.75, 3.05) is 6.61 Å². The van der Waals surface area contributed by atoms with Crippen LogP contribution in [0.5, 0.6) is 5.75 Å². The molecule has 10 heteroatoms. The van der Waals surface area contributed by atoms with E-state index in [-0.39, 0.29) is 11.5 Å². The van der Waals surface area contributed by atoms with Crippen LogP contribution in [0.25, 0.3) is 27.7 Å². The maximum Gasteiger partial charge on any atom is 0.335 e. The number of ether oxygens (including phenoxy) is 1. The first kappa shape index (κ1) is 36.3. The Morgan fingerprint density at radius 1 is 1.02 bits per heavy atom. The summed E-state index contributed by atoms with van der Waals surface area (Å²) in [7, 11) is 1.92. The van der Waals surface area contributed by atoms with E-state index >= 15 is 0 Å². The first-order valence-corrected chi connectivity index (χ1v) is 18.3. The topological polar surface area (TPSA) is 89.6 Å². The third kappa shape index (κ3) is 6.12. The Kier molecular flexibility index (Phi) is 10.1. The van der Waals surface area contributed by atoms with Crippen molar-refractivity contribution in [1.29, 1.82) is 0 Å². The van der Waals surface area contributed by atoms with Gasteiger partial charge in [0.1, 0.15) is 17.6 Å². The number of fused-ring (bicyclic) bond motifs is 4. The lowest BCUT2D eigenvalue weighted by atomic mass is 9.91. The predicted octanol–water partition coefficient (Wildman–Crippen LogP) is 10.3. The number of aromatic carboxylic acids is 1. The molecule has 8 nitrogen and oxygen atoms in total.